The van der Waals surface area contributed by atoms with Gasteiger partial charge in [-0.3, -0.25) is 5.10 Å². The molecule has 0 aliphatic carbocycles. The summed E-state index contributed by atoms with van der Waals surface area (Å²) < 4.78 is 36.8. The Kier molecular flexibility index (Phi) is 3.06. The fourth-order valence-electron chi connectivity index (χ4n) is 1.22. The first-order valence-corrected chi connectivity index (χ1v) is 4.83. The van der Waals surface area contributed by atoms with Gasteiger partial charge in [-0.2, -0.15) is 18.3 Å². The van der Waals surface area contributed by atoms with Crippen molar-refractivity contribution in [2.75, 3.05) is 0 Å². The lowest BCUT2D eigenvalue weighted by Crippen LogP contribution is -2.21. The Hall–Kier alpha value is -1.07. The molecule has 0 aromatic carbocycles. The van der Waals surface area contributed by atoms with Gasteiger partial charge in [0.2, 0.25) is 5.82 Å². The average molecular weight is 221 g/mol. The maximum atomic E-state index is 12.3. The van der Waals surface area contributed by atoms with Gasteiger partial charge in [-0.05, 0) is 12.8 Å². The highest BCUT2D eigenvalue weighted by Gasteiger charge is 2.37. The molecule has 0 atom stereocenters. The smallest absolute Gasteiger partial charge is 0.255 e. The molecule has 86 valence electrons. The van der Waals surface area contributed by atoms with E-state index in [-0.39, 0.29) is 11.2 Å². The molecular formula is C9H14F3N3. The standard InChI is InChI=1S/C9H14F3N3/c1-4-8(3,5-2)6-13-7(15-14-6)9(10,11)12/h4-5H2,1-3H3,(H,13,14,15). The molecule has 0 fully saturated rings. The zero-order valence-corrected chi connectivity index (χ0v) is 8.94. The summed E-state index contributed by atoms with van der Waals surface area (Å²) in [5.41, 5.74) is -0.389. The first kappa shape index (κ1) is 12.0. The fraction of sp³-hybridized carbons (Fsp3) is 0.778. The first-order valence-electron chi connectivity index (χ1n) is 4.83. The molecule has 0 bridgehead atoms. The van der Waals surface area contributed by atoms with Crippen LogP contribution in [0.3, 0.4) is 0 Å². The molecule has 0 aliphatic heterocycles. The third-order valence-corrected chi connectivity index (χ3v) is 2.85. The lowest BCUT2D eigenvalue weighted by atomic mass is 9.84. The van der Waals surface area contributed by atoms with Crippen molar-refractivity contribution >= 4 is 0 Å². The van der Waals surface area contributed by atoms with E-state index in [9.17, 15) is 13.2 Å². The monoisotopic (exact) mass is 221 g/mol. The molecule has 0 unspecified atom stereocenters. The minimum atomic E-state index is -4.45. The van der Waals surface area contributed by atoms with Crippen molar-refractivity contribution in [3.63, 3.8) is 0 Å². The van der Waals surface area contributed by atoms with Gasteiger partial charge < -0.3 is 0 Å². The summed E-state index contributed by atoms with van der Waals surface area (Å²) >= 11 is 0. The fourth-order valence-corrected chi connectivity index (χ4v) is 1.22. The minimum absolute atomic E-state index is 0.236. The third-order valence-electron chi connectivity index (χ3n) is 2.85. The van der Waals surface area contributed by atoms with Crippen LogP contribution >= 0.6 is 0 Å². The highest BCUT2D eigenvalue weighted by atomic mass is 19.4. The maximum absolute atomic E-state index is 12.3. The van der Waals surface area contributed by atoms with E-state index in [0.717, 1.165) is 0 Å². The van der Waals surface area contributed by atoms with Crippen molar-refractivity contribution in [3.8, 4) is 0 Å². The number of hydrogen-bond donors (Lipinski definition) is 1. The summed E-state index contributed by atoms with van der Waals surface area (Å²) in [5, 5.41) is 5.57. The van der Waals surface area contributed by atoms with Gasteiger partial charge in [0.1, 0.15) is 0 Å². The second kappa shape index (κ2) is 3.83. The third kappa shape index (κ3) is 2.30. The van der Waals surface area contributed by atoms with E-state index in [4.69, 9.17) is 0 Å². The number of H-pyrrole nitrogens is 1. The van der Waals surface area contributed by atoms with Crippen LogP contribution in [0.25, 0.3) is 0 Å². The molecular weight excluding hydrogens is 207 g/mol. The van der Waals surface area contributed by atoms with Gasteiger partial charge in [-0.25, -0.2) is 4.98 Å². The van der Waals surface area contributed by atoms with Crippen LogP contribution in [-0.4, -0.2) is 15.2 Å². The number of nitrogens with zero attached hydrogens (tertiary/aromatic N) is 2. The Labute approximate surface area is 86.1 Å². The zero-order valence-electron chi connectivity index (χ0n) is 8.94. The topological polar surface area (TPSA) is 41.6 Å². The second-order valence-corrected chi connectivity index (χ2v) is 3.77. The number of alkyl halides is 3. The molecule has 0 saturated heterocycles. The zero-order chi connectivity index (χ0) is 11.7. The summed E-state index contributed by atoms with van der Waals surface area (Å²) in [5.74, 6) is -0.787. The van der Waals surface area contributed by atoms with E-state index in [1.165, 1.54) is 0 Å². The van der Waals surface area contributed by atoms with Crippen molar-refractivity contribution in [3.05, 3.63) is 11.6 Å². The molecule has 0 saturated carbocycles. The number of aromatic amines is 1. The maximum Gasteiger partial charge on any atom is 0.451 e. The summed E-state index contributed by atoms with van der Waals surface area (Å²) in [6, 6.07) is 0. The quantitative estimate of drug-likeness (QED) is 0.852. The van der Waals surface area contributed by atoms with Gasteiger partial charge in [0.25, 0.3) is 0 Å². The molecule has 1 aromatic rings. The molecule has 1 N–H and O–H groups in total. The Bertz CT molecular complexity index is 326. The molecule has 3 nitrogen and oxygen atoms in total. The largest absolute Gasteiger partial charge is 0.451 e. The highest BCUT2D eigenvalue weighted by molar-refractivity contribution is 5.06. The van der Waals surface area contributed by atoms with Crippen LogP contribution in [0.15, 0.2) is 0 Å². The highest BCUT2D eigenvalue weighted by Crippen LogP contribution is 2.31. The number of rotatable bonds is 3. The number of halogens is 3. The van der Waals surface area contributed by atoms with E-state index in [0.29, 0.717) is 12.8 Å². The average Bonchev–Trinajstić information content (AvgIpc) is 2.65. The summed E-state index contributed by atoms with van der Waals surface area (Å²) in [6.45, 7) is 5.68. The van der Waals surface area contributed by atoms with Crippen molar-refractivity contribution in [2.24, 2.45) is 0 Å². The van der Waals surface area contributed by atoms with Gasteiger partial charge in [0.15, 0.2) is 5.82 Å². The predicted octanol–water partition coefficient (Wildman–Crippen LogP) is 2.90. The molecule has 6 heteroatoms. The molecule has 0 amide bonds. The van der Waals surface area contributed by atoms with E-state index < -0.39 is 12.0 Å². The first-order chi connectivity index (χ1) is 6.83. The van der Waals surface area contributed by atoms with E-state index in [1.807, 2.05) is 25.9 Å². The van der Waals surface area contributed by atoms with Crippen LogP contribution in [0.5, 0.6) is 0 Å². The lowest BCUT2D eigenvalue weighted by Gasteiger charge is -2.22. The molecule has 1 heterocycles. The van der Waals surface area contributed by atoms with Crippen molar-refractivity contribution in [1.29, 1.82) is 0 Å². The molecule has 15 heavy (non-hydrogen) atoms. The minimum Gasteiger partial charge on any atom is -0.255 e. The van der Waals surface area contributed by atoms with Crippen LogP contribution in [0, 0.1) is 0 Å². The second-order valence-electron chi connectivity index (χ2n) is 3.77. The Morgan fingerprint density at radius 2 is 1.73 bits per heavy atom. The molecule has 0 radical (unpaired) electrons. The predicted molar refractivity (Wildman–Crippen MR) is 49.3 cm³/mol. The lowest BCUT2D eigenvalue weighted by molar-refractivity contribution is -0.144. The molecule has 1 aromatic heterocycles. The normalized spacial score (nSPS) is 13.2. The Balaban J connectivity index is 3.03. The van der Waals surface area contributed by atoms with Crippen LogP contribution in [0.1, 0.15) is 45.3 Å². The summed E-state index contributed by atoms with van der Waals surface area (Å²) in [6.07, 6.45) is -3.04. The van der Waals surface area contributed by atoms with Crippen molar-refractivity contribution in [2.45, 2.75) is 45.2 Å². The molecule has 1 rings (SSSR count). The van der Waals surface area contributed by atoms with Crippen molar-refractivity contribution in [1.82, 2.24) is 15.2 Å². The van der Waals surface area contributed by atoms with Crippen molar-refractivity contribution < 1.29 is 13.2 Å². The van der Waals surface area contributed by atoms with Crippen LogP contribution in [0.4, 0.5) is 13.2 Å². The number of aromatic nitrogens is 3. The Morgan fingerprint density at radius 3 is 2.07 bits per heavy atom. The SMILES string of the molecule is CCC(C)(CC)c1n[nH]c(C(F)(F)F)n1. The number of nitrogens with one attached hydrogen (secondary N) is 1. The van der Waals surface area contributed by atoms with Crippen LogP contribution in [0.2, 0.25) is 0 Å². The van der Waals surface area contributed by atoms with Gasteiger partial charge in [-0.15, -0.1) is 0 Å². The Morgan fingerprint density at radius 1 is 1.20 bits per heavy atom. The van der Waals surface area contributed by atoms with E-state index in [2.05, 4.69) is 10.1 Å². The summed E-state index contributed by atoms with van der Waals surface area (Å²) in [7, 11) is 0. The van der Waals surface area contributed by atoms with Gasteiger partial charge in [0.05, 0.1) is 0 Å². The number of hydrogen-bond acceptors (Lipinski definition) is 2. The molecule has 0 spiro atoms. The van der Waals surface area contributed by atoms with E-state index in [1.54, 1.807) is 0 Å². The molecule has 0 aliphatic rings. The van der Waals surface area contributed by atoms with Crippen LogP contribution in [-0.2, 0) is 11.6 Å². The van der Waals surface area contributed by atoms with Gasteiger partial charge in [0, 0.05) is 5.41 Å². The van der Waals surface area contributed by atoms with Gasteiger partial charge in [-0.1, -0.05) is 20.8 Å². The van der Waals surface area contributed by atoms with Gasteiger partial charge >= 0.3 is 6.18 Å². The van der Waals surface area contributed by atoms with E-state index >= 15 is 0 Å². The summed E-state index contributed by atoms with van der Waals surface area (Å²) in [4.78, 5) is 3.50. The van der Waals surface area contributed by atoms with Crippen LogP contribution < -0.4 is 0 Å².